The first-order valence-electron chi connectivity index (χ1n) is 7.18. The third-order valence-corrected chi connectivity index (χ3v) is 4.25. The van der Waals surface area contributed by atoms with Crippen LogP contribution in [0.25, 0.3) is 0 Å². The first-order valence-corrected chi connectivity index (χ1v) is 7.18. The minimum absolute atomic E-state index is 0.206. The summed E-state index contributed by atoms with van der Waals surface area (Å²) in [6.45, 7) is 4.30. The van der Waals surface area contributed by atoms with Gasteiger partial charge in [-0.05, 0) is 44.9 Å². The van der Waals surface area contributed by atoms with E-state index in [0.717, 1.165) is 44.4 Å². The number of methoxy groups -OCH3 is 1. The van der Waals surface area contributed by atoms with Gasteiger partial charge in [0.25, 0.3) is 0 Å². The second kappa shape index (κ2) is 6.01. The van der Waals surface area contributed by atoms with Crippen LogP contribution in [0.15, 0.2) is 4.52 Å². The Labute approximate surface area is 114 Å². The molecule has 0 aliphatic heterocycles. The van der Waals surface area contributed by atoms with Crippen molar-refractivity contribution in [1.29, 1.82) is 0 Å². The van der Waals surface area contributed by atoms with E-state index in [9.17, 15) is 0 Å². The minimum Gasteiger partial charge on any atom is -0.382 e. The molecule has 0 amide bonds. The van der Waals surface area contributed by atoms with Gasteiger partial charge in [0.1, 0.15) is 0 Å². The van der Waals surface area contributed by atoms with Crippen LogP contribution in [0.5, 0.6) is 0 Å². The standard InChI is InChI=1S/C14H25N3O2/c1-10-6-8-14(15,9-7-10)13-16-12(19-17-13)5-4-11(2)18-3/h10-11H,4-9,15H2,1-3H3. The van der Waals surface area contributed by atoms with Crippen molar-refractivity contribution in [3.63, 3.8) is 0 Å². The van der Waals surface area contributed by atoms with Crippen LogP contribution in [0, 0.1) is 5.92 Å². The zero-order valence-electron chi connectivity index (χ0n) is 12.2. The van der Waals surface area contributed by atoms with E-state index in [0.29, 0.717) is 11.7 Å². The van der Waals surface area contributed by atoms with Crippen molar-refractivity contribution in [2.75, 3.05) is 7.11 Å². The van der Waals surface area contributed by atoms with Gasteiger partial charge in [0.15, 0.2) is 5.82 Å². The lowest BCUT2D eigenvalue weighted by Gasteiger charge is -2.33. The Hall–Kier alpha value is -0.940. The molecule has 1 saturated carbocycles. The van der Waals surface area contributed by atoms with E-state index in [2.05, 4.69) is 17.1 Å². The summed E-state index contributed by atoms with van der Waals surface area (Å²) in [6, 6.07) is 0. The largest absolute Gasteiger partial charge is 0.382 e. The highest BCUT2D eigenvalue weighted by Gasteiger charge is 2.36. The van der Waals surface area contributed by atoms with Crippen molar-refractivity contribution >= 4 is 0 Å². The van der Waals surface area contributed by atoms with Crippen molar-refractivity contribution < 1.29 is 9.26 Å². The zero-order chi connectivity index (χ0) is 13.9. The number of rotatable bonds is 5. The molecule has 1 aromatic heterocycles. The van der Waals surface area contributed by atoms with Crippen LogP contribution in [0.1, 0.15) is 57.7 Å². The lowest BCUT2D eigenvalue weighted by molar-refractivity contribution is 0.109. The van der Waals surface area contributed by atoms with Crippen LogP contribution in [0.4, 0.5) is 0 Å². The normalized spacial score (nSPS) is 29.4. The molecule has 1 heterocycles. The number of nitrogens with two attached hydrogens (primary N) is 1. The number of nitrogens with zero attached hydrogens (tertiary/aromatic N) is 2. The van der Waals surface area contributed by atoms with Crippen LogP contribution in [0.2, 0.25) is 0 Å². The van der Waals surface area contributed by atoms with Gasteiger partial charge in [0.2, 0.25) is 5.89 Å². The van der Waals surface area contributed by atoms with Gasteiger partial charge in [-0.2, -0.15) is 4.98 Å². The van der Waals surface area contributed by atoms with E-state index in [4.69, 9.17) is 15.0 Å². The number of hydrogen-bond donors (Lipinski definition) is 1. The van der Waals surface area contributed by atoms with Gasteiger partial charge in [0, 0.05) is 13.5 Å². The number of aromatic nitrogens is 2. The molecule has 0 saturated heterocycles. The SMILES string of the molecule is COC(C)CCc1nc(C2(N)CCC(C)CC2)no1. The lowest BCUT2D eigenvalue weighted by atomic mass is 9.77. The third-order valence-electron chi connectivity index (χ3n) is 4.25. The maximum Gasteiger partial charge on any atom is 0.226 e. The molecule has 108 valence electrons. The molecule has 2 N–H and O–H groups in total. The maximum absolute atomic E-state index is 6.43. The summed E-state index contributed by atoms with van der Waals surface area (Å²) < 4.78 is 10.5. The van der Waals surface area contributed by atoms with Gasteiger partial charge in [-0.15, -0.1) is 0 Å². The smallest absolute Gasteiger partial charge is 0.226 e. The Bertz CT molecular complexity index is 397. The fourth-order valence-corrected chi connectivity index (χ4v) is 2.50. The second-order valence-electron chi connectivity index (χ2n) is 5.94. The van der Waals surface area contributed by atoms with E-state index >= 15 is 0 Å². The Morgan fingerprint density at radius 2 is 2.16 bits per heavy atom. The van der Waals surface area contributed by atoms with Crippen molar-refractivity contribution in [1.82, 2.24) is 10.1 Å². The summed E-state index contributed by atoms with van der Waals surface area (Å²) >= 11 is 0. The highest BCUT2D eigenvalue weighted by molar-refractivity contribution is 5.06. The van der Waals surface area contributed by atoms with Crippen molar-refractivity contribution in [3.05, 3.63) is 11.7 Å². The van der Waals surface area contributed by atoms with E-state index in [1.54, 1.807) is 7.11 Å². The topological polar surface area (TPSA) is 74.2 Å². The van der Waals surface area contributed by atoms with Crippen molar-refractivity contribution in [2.24, 2.45) is 11.7 Å². The fourth-order valence-electron chi connectivity index (χ4n) is 2.50. The minimum atomic E-state index is -0.388. The lowest BCUT2D eigenvalue weighted by Crippen LogP contribution is -2.41. The molecule has 0 aromatic carbocycles. The number of aryl methyl sites for hydroxylation is 1. The average Bonchev–Trinajstić information content (AvgIpc) is 2.89. The van der Waals surface area contributed by atoms with Crippen LogP contribution in [-0.2, 0) is 16.7 Å². The summed E-state index contributed by atoms with van der Waals surface area (Å²) in [4.78, 5) is 4.48. The summed E-state index contributed by atoms with van der Waals surface area (Å²) in [5.41, 5.74) is 6.04. The summed E-state index contributed by atoms with van der Waals surface area (Å²) in [5.74, 6) is 2.10. The maximum atomic E-state index is 6.43. The first kappa shape index (κ1) is 14.5. The summed E-state index contributed by atoms with van der Waals surface area (Å²) in [5, 5.41) is 4.09. The molecule has 1 aliphatic carbocycles. The molecule has 0 bridgehead atoms. The molecule has 1 atom stereocenters. The first-order chi connectivity index (χ1) is 9.03. The van der Waals surface area contributed by atoms with Crippen LogP contribution in [0.3, 0.4) is 0 Å². The van der Waals surface area contributed by atoms with E-state index in [-0.39, 0.29) is 11.6 Å². The van der Waals surface area contributed by atoms with E-state index in [1.807, 2.05) is 6.92 Å². The molecular formula is C14H25N3O2. The summed E-state index contributed by atoms with van der Waals surface area (Å²) in [6.07, 6.45) is 6.00. The van der Waals surface area contributed by atoms with E-state index < -0.39 is 0 Å². The molecular weight excluding hydrogens is 242 g/mol. The molecule has 1 fully saturated rings. The molecule has 19 heavy (non-hydrogen) atoms. The Morgan fingerprint density at radius 3 is 2.79 bits per heavy atom. The fraction of sp³-hybridized carbons (Fsp3) is 0.857. The molecule has 0 radical (unpaired) electrons. The molecule has 2 rings (SSSR count). The van der Waals surface area contributed by atoms with E-state index in [1.165, 1.54) is 0 Å². The third kappa shape index (κ3) is 3.54. The Balaban J connectivity index is 1.96. The highest BCUT2D eigenvalue weighted by atomic mass is 16.5. The molecule has 1 unspecified atom stereocenters. The van der Waals surface area contributed by atoms with Gasteiger partial charge >= 0.3 is 0 Å². The number of ether oxygens (including phenoxy) is 1. The van der Waals surface area contributed by atoms with Crippen molar-refractivity contribution in [2.45, 2.75) is 64.0 Å². The Kier molecular flexibility index (Phi) is 4.58. The van der Waals surface area contributed by atoms with Crippen molar-refractivity contribution in [3.8, 4) is 0 Å². The van der Waals surface area contributed by atoms with Gasteiger partial charge in [-0.3, -0.25) is 0 Å². The van der Waals surface area contributed by atoms with Gasteiger partial charge in [0.05, 0.1) is 11.6 Å². The zero-order valence-corrected chi connectivity index (χ0v) is 12.2. The highest BCUT2D eigenvalue weighted by Crippen LogP contribution is 2.35. The monoisotopic (exact) mass is 267 g/mol. The van der Waals surface area contributed by atoms with Gasteiger partial charge < -0.3 is 15.0 Å². The predicted octanol–water partition coefficient (Wildman–Crippen LogP) is 2.40. The molecule has 5 nitrogen and oxygen atoms in total. The van der Waals surface area contributed by atoms with Crippen LogP contribution < -0.4 is 5.73 Å². The quantitative estimate of drug-likeness (QED) is 0.886. The predicted molar refractivity (Wildman–Crippen MR) is 72.6 cm³/mol. The van der Waals surface area contributed by atoms with Gasteiger partial charge in [-0.25, -0.2) is 0 Å². The molecule has 5 heteroatoms. The summed E-state index contributed by atoms with van der Waals surface area (Å²) in [7, 11) is 1.71. The molecule has 1 aromatic rings. The van der Waals surface area contributed by atoms with Gasteiger partial charge in [-0.1, -0.05) is 12.1 Å². The number of hydrogen-bond acceptors (Lipinski definition) is 5. The van der Waals surface area contributed by atoms with Crippen LogP contribution in [-0.4, -0.2) is 23.4 Å². The molecule has 1 aliphatic rings. The second-order valence-corrected chi connectivity index (χ2v) is 5.94. The average molecular weight is 267 g/mol. The van der Waals surface area contributed by atoms with Crippen LogP contribution >= 0.6 is 0 Å². The molecule has 0 spiro atoms. The Morgan fingerprint density at radius 1 is 1.47 bits per heavy atom.